The molecule has 2 bridgehead atoms. The molecule has 2 amide bonds. The van der Waals surface area contributed by atoms with Crippen LogP contribution in [0.5, 0.6) is 0 Å². The molecule has 2 aliphatic carbocycles. The molecule has 4 aromatic rings. The third kappa shape index (κ3) is 6.21. The highest BCUT2D eigenvalue weighted by atomic mass is 16.5. The van der Waals surface area contributed by atoms with Gasteiger partial charge in [-0.3, -0.25) is 9.59 Å². The molecule has 49 heavy (non-hydrogen) atoms. The van der Waals surface area contributed by atoms with Gasteiger partial charge in [0, 0.05) is 19.6 Å². The van der Waals surface area contributed by atoms with E-state index >= 15 is 0 Å². The summed E-state index contributed by atoms with van der Waals surface area (Å²) in [7, 11) is 2.76. The zero-order valence-corrected chi connectivity index (χ0v) is 27.9. The zero-order chi connectivity index (χ0) is 34.2. The summed E-state index contributed by atoms with van der Waals surface area (Å²) in [5.41, 5.74) is 5.85. The SMILES string of the molecule is COC(=O)N[C@H](C(=O)N1CCC[C@H]1c1ncc(-c2ccc(-c3ccc(-c4cnc(C5C6CCC(C6)C5C(=O)O)[nH]4)cc3)cc2)[nH]1)C(C)OC. The van der Waals surface area contributed by atoms with E-state index in [-0.39, 0.29) is 29.7 Å². The number of benzene rings is 2. The summed E-state index contributed by atoms with van der Waals surface area (Å²) in [6, 6.07) is 15.4. The first-order valence-corrected chi connectivity index (χ1v) is 17.0. The predicted molar refractivity (Wildman–Crippen MR) is 181 cm³/mol. The number of carbonyl (C=O) groups excluding carboxylic acids is 2. The number of hydrogen-bond donors (Lipinski definition) is 4. The van der Waals surface area contributed by atoms with E-state index in [1.165, 1.54) is 14.2 Å². The molecule has 1 saturated heterocycles. The molecule has 5 unspecified atom stereocenters. The van der Waals surface area contributed by atoms with E-state index in [1.54, 1.807) is 18.0 Å². The van der Waals surface area contributed by atoms with Crippen molar-refractivity contribution in [2.75, 3.05) is 20.8 Å². The Hall–Kier alpha value is -4.97. The fourth-order valence-electron chi connectivity index (χ4n) is 8.23. The third-order valence-corrected chi connectivity index (χ3v) is 10.9. The van der Waals surface area contributed by atoms with Crippen LogP contribution in [-0.4, -0.2) is 80.8 Å². The number of carboxylic acid groups (broad SMARTS) is 1. The van der Waals surface area contributed by atoms with Gasteiger partial charge in [-0.15, -0.1) is 0 Å². The molecule has 2 aromatic carbocycles. The Morgan fingerprint density at radius 1 is 0.857 bits per heavy atom. The van der Waals surface area contributed by atoms with Gasteiger partial charge >= 0.3 is 12.1 Å². The van der Waals surface area contributed by atoms with Crippen molar-refractivity contribution in [2.24, 2.45) is 17.8 Å². The summed E-state index contributed by atoms with van der Waals surface area (Å²) in [5.74, 6) is 0.812. The maximum atomic E-state index is 13.6. The van der Waals surface area contributed by atoms with Gasteiger partial charge in [0.1, 0.15) is 17.7 Å². The number of carbonyl (C=O) groups is 3. The van der Waals surface area contributed by atoms with E-state index in [9.17, 15) is 19.5 Å². The Labute approximate surface area is 284 Å². The molecule has 3 aliphatic rings. The smallest absolute Gasteiger partial charge is 0.407 e. The van der Waals surface area contributed by atoms with Crippen molar-refractivity contribution in [1.82, 2.24) is 30.2 Å². The van der Waals surface area contributed by atoms with Gasteiger partial charge in [-0.05, 0) is 73.1 Å². The van der Waals surface area contributed by atoms with Crippen molar-refractivity contribution in [3.8, 4) is 33.6 Å². The van der Waals surface area contributed by atoms with Crippen molar-refractivity contribution in [3.63, 3.8) is 0 Å². The lowest BCUT2D eigenvalue weighted by atomic mass is 9.79. The van der Waals surface area contributed by atoms with Crippen LogP contribution >= 0.6 is 0 Å². The van der Waals surface area contributed by atoms with Crippen LogP contribution in [0, 0.1) is 17.8 Å². The van der Waals surface area contributed by atoms with E-state index in [0.717, 1.165) is 71.6 Å². The number of amides is 2. The number of rotatable bonds is 10. The Morgan fingerprint density at radius 2 is 1.43 bits per heavy atom. The molecule has 2 aromatic heterocycles. The second-order valence-corrected chi connectivity index (χ2v) is 13.5. The van der Waals surface area contributed by atoms with Crippen LogP contribution in [0.2, 0.25) is 0 Å². The van der Waals surface area contributed by atoms with Gasteiger partial charge in [0.2, 0.25) is 5.91 Å². The molecular formula is C37H42N6O6. The summed E-state index contributed by atoms with van der Waals surface area (Å²) < 4.78 is 10.1. The molecule has 4 N–H and O–H groups in total. The zero-order valence-electron chi connectivity index (χ0n) is 27.9. The number of alkyl carbamates (subject to hydrolysis) is 1. The highest BCUT2D eigenvalue weighted by Crippen LogP contribution is 2.56. The summed E-state index contributed by atoms with van der Waals surface area (Å²) in [5, 5.41) is 12.5. The number of nitrogens with zero attached hydrogens (tertiary/aromatic N) is 3. The molecule has 7 atom stereocenters. The van der Waals surface area contributed by atoms with Gasteiger partial charge in [-0.25, -0.2) is 14.8 Å². The minimum absolute atomic E-state index is 0.0410. The lowest BCUT2D eigenvalue weighted by Crippen LogP contribution is -2.54. The molecule has 2 saturated carbocycles. The average Bonchev–Trinajstić information content (AvgIpc) is 3.98. The van der Waals surface area contributed by atoms with Crippen LogP contribution in [0.4, 0.5) is 4.79 Å². The van der Waals surface area contributed by atoms with Crippen LogP contribution in [0.25, 0.3) is 33.6 Å². The van der Waals surface area contributed by atoms with E-state index in [4.69, 9.17) is 9.47 Å². The van der Waals surface area contributed by atoms with Crippen molar-refractivity contribution >= 4 is 18.0 Å². The van der Waals surface area contributed by atoms with E-state index in [2.05, 4.69) is 61.7 Å². The maximum absolute atomic E-state index is 13.6. The number of carboxylic acids is 1. The number of fused-ring (bicyclic) bond motifs is 2. The number of methoxy groups -OCH3 is 2. The number of H-pyrrole nitrogens is 2. The molecule has 0 spiro atoms. The highest BCUT2D eigenvalue weighted by molar-refractivity contribution is 5.87. The second kappa shape index (κ2) is 13.5. The minimum atomic E-state index is -0.885. The maximum Gasteiger partial charge on any atom is 0.407 e. The highest BCUT2D eigenvalue weighted by Gasteiger charge is 2.52. The lowest BCUT2D eigenvalue weighted by molar-refractivity contribution is -0.144. The average molecular weight is 667 g/mol. The van der Waals surface area contributed by atoms with E-state index in [0.29, 0.717) is 18.3 Å². The number of nitrogens with one attached hydrogen (secondary N) is 3. The topological polar surface area (TPSA) is 163 Å². The molecule has 12 nitrogen and oxygen atoms in total. The van der Waals surface area contributed by atoms with Crippen molar-refractivity contribution < 1.29 is 29.0 Å². The monoisotopic (exact) mass is 666 g/mol. The first-order valence-electron chi connectivity index (χ1n) is 17.0. The Balaban J connectivity index is 1.02. The minimum Gasteiger partial charge on any atom is -0.481 e. The Kier molecular flexibility index (Phi) is 8.98. The van der Waals surface area contributed by atoms with Crippen molar-refractivity contribution in [1.29, 1.82) is 0 Å². The summed E-state index contributed by atoms with van der Waals surface area (Å²) >= 11 is 0. The fourth-order valence-corrected chi connectivity index (χ4v) is 8.23. The van der Waals surface area contributed by atoms with Gasteiger partial charge in [-0.1, -0.05) is 48.5 Å². The van der Waals surface area contributed by atoms with Crippen LogP contribution in [-0.2, 0) is 19.1 Å². The molecule has 3 heterocycles. The summed E-state index contributed by atoms with van der Waals surface area (Å²) in [6.07, 6.45) is 7.02. The van der Waals surface area contributed by atoms with Gasteiger partial charge in [0.05, 0.1) is 49.0 Å². The molecule has 1 aliphatic heterocycles. The van der Waals surface area contributed by atoms with Crippen molar-refractivity contribution in [3.05, 3.63) is 72.6 Å². The van der Waals surface area contributed by atoms with Crippen LogP contribution in [0.1, 0.15) is 62.6 Å². The van der Waals surface area contributed by atoms with Gasteiger partial charge in [0.15, 0.2) is 0 Å². The number of aromatic amines is 2. The number of ether oxygens (including phenoxy) is 2. The Bertz CT molecular complexity index is 1820. The van der Waals surface area contributed by atoms with Gasteiger partial charge < -0.3 is 34.8 Å². The number of likely N-dealkylation sites (tertiary alicyclic amines) is 1. The van der Waals surface area contributed by atoms with Crippen LogP contribution in [0.15, 0.2) is 60.9 Å². The molecule has 7 rings (SSSR count). The van der Waals surface area contributed by atoms with Gasteiger partial charge in [0.25, 0.3) is 0 Å². The number of imidazole rings is 2. The standard InChI is InChI=1S/C37H42N6O6/c1-20(48-2)32(42-37(47)49-3)35(44)43-16-4-5-29(43)33-38-18-27(40-33)23-10-6-21(7-11-23)22-8-12-24(13-9-22)28-19-39-34(41-28)30-25-14-15-26(17-25)31(30)36(45)46/h6-13,18-20,25-26,29-32H,4-5,14-17H2,1-3H3,(H,38,40)(H,39,41)(H,42,47)(H,45,46)/t20?,25?,26?,29-,30?,31?,32-/m0/s1. The van der Waals surface area contributed by atoms with Crippen molar-refractivity contribution in [2.45, 2.75) is 63.1 Å². The number of hydrogen-bond acceptors (Lipinski definition) is 7. The molecule has 3 fully saturated rings. The second-order valence-electron chi connectivity index (χ2n) is 13.5. The largest absolute Gasteiger partial charge is 0.481 e. The Morgan fingerprint density at radius 3 is 2.02 bits per heavy atom. The molecular weight excluding hydrogens is 624 g/mol. The fraction of sp³-hybridized carbons (Fsp3) is 0.432. The molecule has 0 radical (unpaired) electrons. The number of aromatic nitrogens is 4. The van der Waals surface area contributed by atoms with E-state index < -0.39 is 24.2 Å². The molecule has 12 heteroatoms. The quantitative estimate of drug-likeness (QED) is 0.166. The third-order valence-electron chi connectivity index (χ3n) is 10.9. The number of aliphatic carboxylic acids is 1. The predicted octanol–water partition coefficient (Wildman–Crippen LogP) is 5.77. The normalized spacial score (nSPS) is 24.1. The molecule has 256 valence electrons. The lowest BCUT2D eigenvalue weighted by Gasteiger charge is -2.30. The summed E-state index contributed by atoms with van der Waals surface area (Å²) in [6.45, 7) is 2.29. The summed E-state index contributed by atoms with van der Waals surface area (Å²) in [4.78, 5) is 55.4. The van der Waals surface area contributed by atoms with Gasteiger partial charge in [-0.2, -0.15) is 0 Å². The first kappa shape index (κ1) is 32.6. The first-order chi connectivity index (χ1) is 23.7. The van der Waals surface area contributed by atoms with E-state index in [1.807, 2.05) is 18.3 Å². The van der Waals surface area contributed by atoms with Crippen LogP contribution < -0.4 is 5.32 Å². The van der Waals surface area contributed by atoms with Crippen LogP contribution in [0.3, 0.4) is 0 Å².